The van der Waals surface area contributed by atoms with Crippen LogP contribution in [0.2, 0.25) is 0 Å². The lowest BCUT2D eigenvalue weighted by Crippen LogP contribution is -2.23. The molecule has 1 unspecified atom stereocenters. The van der Waals surface area contributed by atoms with E-state index in [0.717, 1.165) is 22.2 Å². The van der Waals surface area contributed by atoms with Gasteiger partial charge < -0.3 is 20.8 Å². The lowest BCUT2D eigenvalue weighted by molar-refractivity contribution is 0.102. The molecule has 0 saturated carbocycles. The van der Waals surface area contributed by atoms with Gasteiger partial charge in [0.2, 0.25) is 0 Å². The van der Waals surface area contributed by atoms with Gasteiger partial charge in [0.15, 0.2) is 11.5 Å². The van der Waals surface area contributed by atoms with E-state index in [2.05, 4.69) is 20.6 Å². The van der Waals surface area contributed by atoms with Crippen molar-refractivity contribution in [3.63, 3.8) is 0 Å². The summed E-state index contributed by atoms with van der Waals surface area (Å²) in [6.07, 6.45) is 0.662. The Morgan fingerprint density at radius 3 is 2.63 bits per heavy atom. The van der Waals surface area contributed by atoms with Crippen molar-refractivity contribution in [2.45, 2.75) is 20.0 Å². The Morgan fingerprint density at radius 1 is 1.17 bits per heavy atom. The molecule has 2 heterocycles. The Hall–Kier alpha value is -3.49. The Balaban J connectivity index is 1.84. The van der Waals surface area contributed by atoms with Crippen molar-refractivity contribution < 1.29 is 15.0 Å². The molecule has 4 aromatic rings. The van der Waals surface area contributed by atoms with E-state index in [9.17, 15) is 9.90 Å². The molecule has 8 nitrogen and oxygen atoms in total. The predicted octanol–water partition coefficient (Wildman–Crippen LogP) is 2.52. The molecular weight excluding hydrogens is 382 g/mol. The van der Waals surface area contributed by atoms with Gasteiger partial charge in [0.05, 0.1) is 29.9 Å². The molecule has 30 heavy (non-hydrogen) atoms. The van der Waals surface area contributed by atoms with Gasteiger partial charge in [-0.2, -0.15) is 0 Å². The van der Waals surface area contributed by atoms with Crippen LogP contribution in [0.25, 0.3) is 16.7 Å². The van der Waals surface area contributed by atoms with Crippen molar-refractivity contribution >= 4 is 34.2 Å². The van der Waals surface area contributed by atoms with Crippen LogP contribution in [0.3, 0.4) is 0 Å². The highest BCUT2D eigenvalue weighted by atomic mass is 16.3. The van der Waals surface area contributed by atoms with Gasteiger partial charge in [-0.05, 0) is 49.2 Å². The van der Waals surface area contributed by atoms with Crippen LogP contribution in [0.15, 0.2) is 48.7 Å². The SMILES string of the molecule is Cc1cc2nc(NCC(O)CO)c3ncc(NC(=O)c4ccccc4)n3c2cc1C. The molecule has 8 heteroatoms. The Kier molecular flexibility index (Phi) is 5.35. The molecule has 0 fully saturated rings. The second-order valence-corrected chi connectivity index (χ2v) is 7.23. The molecule has 0 spiro atoms. The number of nitrogens with zero attached hydrogens (tertiary/aromatic N) is 3. The van der Waals surface area contributed by atoms with Gasteiger partial charge in [-0.3, -0.25) is 9.20 Å². The molecule has 0 bridgehead atoms. The zero-order valence-electron chi connectivity index (χ0n) is 16.8. The number of hydrogen-bond donors (Lipinski definition) is 4. The zero-order chi connectivity index (χ0) is 21.3. The standard InChI is InChI=1S/C22H23N5O3/c1-13-8-17-18(9-14(13)2)27-19(26-22(30)15-6-4-3-5-7-15)11-24-21(27)20(25-17)23-10-16(29)12-28/h3-9,11,16,28-29H,10,12H2,1-2H3,(H,23,25)(H,26,30). The smallest absolute Gasteiger partial charge is 0.256 e. The molecule has 4 rings (SSSR count). The minimum Gasteiger partial charge on any atom is -0.394 e. The van der Waals surface area contributed by atoms with Crippen LogP contribution in [0.1, 0.15) is 21.5 Å². The summed E-state index contributed by atoms with van der Waals surface area (Å²) in [6.45, 7) is 3.79. The average molecular weight is 405 g/mol. The highest BCUT2D eigenvalue weighted by Gasteiger charge is 2.17. The average Bonchev–Trinajstić information content (AvgIpc) is 3.17. The molecular formula is C22H23N5O3. The third-order valence-corrected chi connectivity index (χ3v) is 5.03. The summed E-state index contributed by atoms with van der Waals surface area (Å²) < 4.78 is 1.84. The van der Waals surface area contributed by atoms with Gasteiger partial charge in [0.25, 0.3) is 5.91 Å². The Morgan fingerprint density at radius 2 is 1.90 bits per heavy atom. The van der Waals surface area contributed by atoms with E-state index in [0.29, 0.717) is 22.8 Å². The normalized spacial score (nSPS) is 12.3. The number of rotatable bonds is 6. The molecule has 0 aliphatic heterocycles. The predicted molar refractivity (Wildman–Crippen MR) is 116 cm³/mol. The molecule has 0 saturated heterocycles. The van der Waals surface area contributed by atoms with Gasteiger partial charge in [-0.15, -0.1) is 0 Å². The maximum Gasteiger partial charge on any atom is 0.256 e. The molecule has 1 atom stereocenters. The summed E-state index contributed by atoms with van der Waals surface area (Å²) in [6, 6.07) is 12.9. The van der Waals surface area contributed by atoms with Crippen molar-refractivity contribution in [1.82, 2.24) is 14.4 Å². The van der Waals surface area contributed by atoms with Crippen LogP contribution in [0, 0.1) is 13.8 Å². The number of aryl methyl sites for hydroxylation is 2. The van der Waals surface area contributed by atoms with Crippen LogP contribution in [-0.4, -0.2) is 49.7 Å². The van der Waals surface area contributed by atoms with Crippen molar-refractivity contribution in [1.29, 1.82) is 0 Å². The van der Waals surface area contributed by atoms with Crippen molar-refractivity contribution in [3.05, 3.63) is 65.4 Å². The summed E-state index contributed by atoms with van der Waals surface area (Å²) in [7, 11) is 0. The van der Waals surface area contributed by atoms with Crippen molar-refractivity contribution in [2.24, 2.45) is 0 Å². The fraction of sp³-hybridized carbons (Fsp3) is 0.227. The summed E-state index contributed by atoms with van der Waals surface area (Å²) in [5.74, 6) is 0.732. The monoisotopic (exact) mass is 405 g/mol. The Bertz CT molecular complexity index is 1220. The molecule has 2 aromatic heterocycles. The summed E-state index contributed by atoms with van der Waals surface area (Å²) in [5, 5.41) is 24.8. The number of nitrogens with one attached hydrogen (secondary N) is 2. The molecule has 2 aromatic carbocycles. The largest absolute Gasteiger partial charge is 0.394 e. The number of amides is 1. The molecule has 154 valence electrons. The lowest BCUT2D eigenvalue weighted by Gasteiger charge is -2.14. The van der Waals surface area contributed by atoms with Crippen molar-refractivity contribution in [2.75, 3.05) is 23.8 Å². The van der Waals surface area contributed by atoms with Gasteiger partial charge in [-0.25, -0.2) is 9.97 Å². The fourth-order valence-corrected chi connectivity index (χ4v) is 3.25. The minimum atomic E-state index is -0.922. The van der Waals surface area contributed by atoms with Gasteiger partial charge >= 0.3 is 0 Å². The summed E-state index contributed by atoms with van der Waals surface area (Å²) in [4.78, 5) is 21.8. The third kappa shape index (κ3) is 3.70. The number of fused-ring (bicyclic) bond motifs is 3. The third-order valence-electron chi connectivity index (χ3n) is 5.03. The van der Waals surface area contributed by atoms with E-state index in [-0.39, 0.29) is 19.1 Å². The Labute approximate surface area is 173 Å². The molecule has 4 N–H and O–H groups in total. The number of aromatic nitrogens is 3. The maximum absolute atomic E-state index is 12.7. The van der Waals surface area contributed by atoms with Crippen LogP contribution in [0.4, 0.5) is 11.6 Å². The highest BCUT2D eigenvalue weighted by Crippen LogP contribution is 2.27. The highest BCUT2D eigenvalue weighted by molar-refractivity contribution is 6.04. The van der Waals surface area contributed by atoms with E-state index in [4.69, 9.17) is 5.11 Å². The van der Waals surface area contributed by atoms with Gasteiger partial charge in [-0.1, -0.05) is 18.2 Å². The van der Waals surface area contributed by atoms with Gasteiger partial charge in [0.1, 0.15) is 5.82 Å². The van der Waals surface area contributed by atoms with Gasteiger partial charge in [0, 0.05) is 12.1 Å². The second-order valence-electron chi connectivity index (χ2n) is 7.23. The number of aliphatic hydroxyl groups is 2. The molecule has 0 aliphatic rings. The first-order valence-electron chi connectivity index (χ1n) is 9.65. The summed E-state index contributed by atoms with van der Waals surface area (Å²) >= 11 is 0. The molecule has 0 radical (unpaired) electrons. The number of anilines is 2. The zero-order valence-corrected chi connectivity index (χ0v) is 16.8. The van der Waals surface area contributed by atoms with E-state index >= 15 is 0 Å². The van der Waals surface area contributed by atoms with Crippen molar-refractivity contribution in [3.8, 4) is 0 Å². The minimum absolute atomic E-state index is 0.119. The molecule has 1 amide bonds. The second kappa shape index (κ2) is 8.10. The number of carbonyl (C=O) groups is 1. The van der Waals surface area contributed by atoms with E-state index in [1.165, 1.54) is 0 Å². The fourth-order valence-electron chi connectivity index (χ4n) is 3.25. The number of benzene rings is 2. The maximum atomic E-state index is 12.7. The lowest BCUT2D eigenvalue weighted by atomic mass is 10.1. The quantitative estimate of drug-likeness (QED) is 0.392. The first kappa shape index (κ1) is 19.8. The topological polar surface area (TPSA) is 112 Å². The van der Waals surface area contributed by atoms with Crippen LogP contribution < -0.4 is 10.6 Å². The summed E-state index contributed by atoms with van der Waals surface area (Å²) in [5.41, 5.74) is 4.77. The van der Waals surface area contributed by atoms with Crippen LogP contribution in [0.5, 0.6) is 0 Å². The van der Waals surface area contributed by atoms with Crippen LogP contribution >= 0.6 is 0 Å². The number of aliphatic hydroxyl groups excluding tert-OH is 2. The van der Waals surface area contributed by atoms with E-state index < -0.39 is 6.10 Å². The first-order valence-corrected chi connectivity index (χ1v) is 9.65. The number of imidazole rings is 1. The van der Waals surface area contributed by atoms with E-state index in [1.54, 1.807) is 18.3 Å². The number of carbonyl (C=O) groups excluding carboxylic acids is 1. The molecule has 0 aliphatic carbocycles. The van der Waals surface area contributed by atoms with E-state index in [1.807, 2.05) is 48.6 Å². The first-order chi connectivity index (χ1) is 14.5. The number of hydrogen-bond acceptors (Lipinski definition) is 6. The van der Waals surface area contributed by atoms with Crippen LogP contribution in [-0.2, 0) is 0 Å².